The monoisotopic (exact) mass is 420 g/mol. The minimum absolute atomic E-state index is 0.314. The molecule has 2 amide bonds. The molecule has 3 aromatic heterocycles. The Hall–Kier alpha value is -2.19. The van der Waals surface area contributed by atoms with Gasteiger partial charge in [0.05, 0.1) is 11.3 Å². The molecule has 3 aromatic rings. The van der Waals surface area contributed by atoms with Gasteiger partial charge in [-0.2, -0.15) is 0 Å². The zero-order chi connectivity index (χ0) is 18.3. The highest BCUT2D eigenvalue weighted by Gasteiger charge is 2.23. The van der Waals surface area contributed by atoms with Crippen molar-refractivity contribution in [3.63, 3.8) is 0 Å². The number of nitrogens with zero attached hydrogens (tertiary/aromatic N) is 2. The molecule has 0 aliphatic heterocycles. The van der Waals surface area contributed by atoms with Crippen LogP contribution in [0.2, 0.25) is 0 Å². The summed E-state index contributed by atoms with van der Waals surface area (Å²) in [6.45, 7) is 5.66. The first-order valence-electron chi connectivity index (χ1n) is 7.71. The number of primary amides is 1. The summed E-state index contributed by atoms with van der Waals surface area (Å²) in [4.78, 5) is 30.2. The summed E-state index contributed by atoms with van der Waals surface area (Å²) in [5.74, 6) is -0.861. The molecule has 0 unspecified atom stereocenters. The third-order valence-electron chi connectivity index (χ3n) is 4.06. The molecule has 3 heterocycles. The van der Waals surface area contributed by atoms with Gasteiger partial charge in [-0.25, -0.2) is 4.98 Å². The van der Waals surface area contributed by atoms with Crippen LogP contribution in [0.15, 0.2) is 22.8 Å². The molecular formula is C17H17BrN4O2S. The summed E-state index contributed by atoms with van der Waals surface area (Å²) in [6.07, 6.45) is 2.42. The number of nitrogens with two attached hydrogens (primary N) is 1. The lowest BCUT2D eigenvalue weighted by molar-refractivity contribution is 0.100. The Labute approximate surface area is 157 Å². The van der Waals surface area contributed by atoms with E-state index in [-0.39, 0.29) is 5.91 Å². The minimum Gasteiger partial charge on any atom is -0.365 e. The van der Waals surface area contributed by atoms with Crippen molar-refractivity contribution < 1.29 is 9.59 Å². The van der Waals surface area contributed by atoms with Crippen LogP contribution in [0.25, 0.3) is 5.65 Å². The van der Waals surface area contributed by atoms with E-state index in [1.54, 1.807) is 10.6 Å². The second kappa shape index (κ2) is 6.61. The Morgan fingerprint density at radius 1 is 1.36 bits per heavy atom. The van der Waals surface area contributed by atoms with E-state index in [1.807, 2.05) is 32.9 Å². The Bertz CT molecular complexity index is 1010. The molecule has 6 nitrogen and oxygen atoms in total. The molecule has 0 saturated heterocycles. The van der Waals surface area contributed by atoms with Crippen molar-refractivity contribution >= 4 is 49.7 Å². The molecule has 0 atom stereocenters. The number of hydrogen-bond donors (Lipinski definition) is 2. The number of imidazole rings is 1. The lowest BCUT2D eigenvalue weighted by Crippen LogP contribution is -2.19. The summed E-state index contributed by atoms with van der Waals surface area (Å²) >= 11 is 4.76. The first-order valence-corrected chi connectivity index (χ1v) is 9.32. The molecule has 0 aromatic carbocycles. The molecule has 3 N–H and O–H groups in total. The van der Waals surface area contributed by atoms with Crippen LogP contribution in [0.4, 0.5) is 5.00 Å². The van der Waals surface area contributed by atoms with E-state index in [9.17, 15) is 9.59 Å². The van der Waals surface area contributed by atoms with E-state index >= 15 is 0 Å². The van der Waals surface area contributed by atoms with Crippen molar-refractivity contribution in [2.45, 2.75) is 27.2 Å². The number of carbonyl (C=O) groups excluding carboxylic acids is 2. The van der Waals surface area contributed by atoms with E-state index in [4.69, 9.17) is 5.73 Å². The van der Waals surface area contributed by atoms with Crippen molar-refractivity contribution in [2.75, 3.05) is 5.32 Å². The summed E-state index contributed by atoms with van der Waals surface area (Å²) in [5.41, 5.74) is 8.49. The maximum absolute atomic E-state index is 12.9. The first kappa shape index (κ1) is 17.6. The van der Waals surface area contributed by atoms with Crippen molar-refractivity contribution in [1.82, 2.24) is 9.38 Å². The number of aromatic nitrogens is 2. The second-order valence-electron chi connectivity index (χ2n) is 5.64. The molecule has 0 aliphatic carbocycles. The van der Waals surface area contributed by atoms with Gasteiger partial charge in [-0.15, -0.1) is 11.3 Å². The van der Waals surface area contributed by atoms with Crippen molar-refractivity contribution in [3.8, 4) is 0 Å². The molecule has 0 spiro atoms. The molecule has 8 heteroatoms. The van der Waals surface area contributed by atoms with Crippen molar-refractivity contribution in [2.24, 2.45) is 5.73 Å². The number of thiophene rings is 1. The predicted molar refractivity (Wildman–Crippen MR) is 103 cm³/mol. The average molecular weight is 421 g/mol. The highest BCUT2D eigenvalue weighted by molar-refractivity contribution is 9.10. The summed E-state index contributed by atoms with van der Waals surface area (Å²) in [5, 5.41) is 3.32. The van der Waals surface area contributed by atoms with Crippen molar-refractivity contribution in [1.29, 1.82) is 0 Å². The van der Waals surface area contributed by atoms with Gasteiger partial charge in [-0.1, -0.05) is 6.92 Å². The predicted octanol–water partition coefficient (Wildman–Crippen LogP) is 3.69. The van der Waals surface area contributed by atoms with Gasteiger partial charge in [0.25, 0.3) is 11.8 Å². The van der Waals surface area contributed by atoms with Crippen LogP contribution in [0.3, 0.4) is 0 Å². The zero-order valence-electron chi connectivity index (χ0n) is 14.0. The number of anilines is 1. The van der Waals surface area contributed by atoms with Gasteiger partial charge in [0.2, 0.25) is 0 Å². The van der Waals surface area contributed by atoms with Crippen LogP contribution in [0.1, 0.15) is 43.9 Å². The standard InChI is InChI=1S/C17H17BrN4O2S/c1-4-11-14(22-7-10(18)5-6-12(22)20-11)16(24)21-17-13(15(19)23)8(2)9(3)25-17/h5-7H,4H2,1-3H3,(H2,19,23)(H,21,24). The zero-order valence-corrected chi connectivity index (χ0v) is 16.4. The van der Waals surface area contributed by atoms with Gasteiger partial charge < -0.3 is 11.1 Å². The fourth-order valence-corrected chi connectivity index (χ4v) is 4.13. The largest absolute Gasteiger partial charge is 0.365 e. The maximum atomic E-state index is 12.9. The minimum atomic E-state index is -0.547. The van der Waals surface area contributed by atoms with Crippen LogP contribution < -0.4 is 11.1 Å². The smallest absolute Gasteiger partial charge is 0.275 e. The van der Waals surface area contributed by atoms with E-state index < -0.39 is 5.91 Å². The summed E-state index contributed by atoms with van der Waals surface area (Å²) < 4.78 is 2.59. The number of pyridine rings is 1. The number of hydrogen-bond acceptors (Lipinski definition) is 4. The van der Waals surface area contributed by atoms with Crippen LogP contribution in [0.5, 0.6) is 0 Å². The molecule has 3 rings (SSSR count). The van der Waals surface area contributed by atoms with Gasteiger partial charge in [-0.3, -0.25) is 14.0 Å². The normalized spacial score (nSPS) is 11.0. The molecule has 0 radical (unpaired) electrons. The quantitative estimate of drug-likeness (QED) is 0.674. The summed E-state index contributed by atoms with van der Waals surface area (Å²) in [7, 11) is 0. The number of halogens is 1. The Kier molecular flexibility index (Phi) is 4.66. The van der Waals surface area contributed by atoms with E-state index in [1.165, 1.54) is 11.3 Å². The molecule has 130 valence electrons. The molecule has 0 aliphatic rings. The molecule has 0 saturated carbocycles. The lowest BCUT2D eigenvalue weighted by Gasteiger charge is -2.07. The number of nitrogens with one attached hydrogen (secondary N) is 1. The average Bonchev–Trinajstić information content (AvgIpc) is 3.04. The number of aryl methyl sites for hydroxylation is 2. The van der Waals surface area contributed by atoms with Gasteiger partial charge in [0.1, 0.15) is 16.3 Å². The highest BCUT2D eigenvalue weighted by atomic mass is 79.9. The molecule has 25 heavy (non-hydrogen) atoms. The van der Waals surface area contributed by atoms with Gasteiger partial charge >= 0.3 is 0 Å². The van der Waals surface area contributed by atoms with E-state index in [2.05, 4.69) is 26.2 Å². The fraction of sp³-hybridized carbons (Fsp3) is 0.235. The van der Waals surface area contributed by atoms with Gasteiger partial charge in [0.15, 0.2) is 0 Å². The number of fused-ring (bicyclic) bond motifs is 1. The summed E-state index contributed by atoms with van der Waals surface area (Å²) in [6, 6.07) is 3.72. The molecular weight excluding hydrogens is 404 g/mol. The van der Waals surface area contributed by atoms with Gasteiger partial charge in [0, 0.05) is 15.5 Å². The number of carbonyl (C=O) groups is 2. The van der Waals surface area contributed by atoms with E-state index in [0.717, 1.165) is 14.9 Å². The lowest BCUT2D eigenvalue weighted by atomic mass is 10.1. The van der Waals surface area contributed by atoms with Crippen molar-refractivity contribution in [3.05, 3.63) is 50.2 Å². The Morgan fingerprint density at radius 2 is 2.08 bits per heavy atom. The van der Waals surface area contributed by atoms with Crippen LogP contribution in [-0.2, 0) is 6.42 Å². The maximum Gasteiger partial charge on any atom is 0.275 e. The van der Waals surface area contributed by atoms with Crippen LogP contribution >= 0.6 is 27.3 Å². The van der Waals surface area contributed by atoms with E-state index in [0.29, 0.717) is 34.0 Å². The number of rotatable bonds is 4. The fourth-order valence-electron chi connectivity index (χ4n) is 2.73. The first-order chi connectivity index (χ1) is 11.8. The molecule has 0 fully saturated rings. The topological polar surface area (TPSA) is 89.5 Å². The molecule has 0 bridgehead atoms. The SMILES string of the molecule is CCc1nc2ccc(Br)cn2c1C(=O)Nc1sc(C)c(C)c1C(N)=O. The third-order valence-corrected chi connectivity index (χ3v) is 5.66. The van der Waals surface area contributed by atoms with Crippen LogP contribution in [-0.4, -0.2) is 21.2 Å². The Balaban J connectivity index is 2.08. The second-order valence-corrected chi connectivity index (χ2v) is 7.78. The highest BCUT2D eigenvalue weighted by Crippen LogP contribution is 2.32. The van der Waals surface area contributed by atoms with Gasteiger partial charge in [-0.05, 0) is 53.9 Å². The third kappa shape index (κ3) is 3.07. The van der Waals surface area contributed by atoms with Crippen LogP contribution in [0, 0.1) is 13.8 Å². The number of amides is 2. The Morgan fingerprint density at radius 3 is 2.72 bits per heavy atom.